The van der Waals surface area contributed by atoms with Crippen molar-refractivity contribution in [3.63, 3.8) is 0 Å². The molecule has 0 N–H and O–H groups in total. The van der Waals surface area contributed by atoms with Crippen molar-refractivity contribution in [2.75, 3.05) is 0 Å². The van der Waals surface area contributed by atoms with Crippen molar-refractivity contribution >= 4 is 11.0 Å². The number of nitrogens with zero attached hydrogens (tertiary/aromatic N) is 2. The zero-order valence-corrected chi connectivity index (χ0v) is 12.1. The van der Waals surface area contributed by atoms with Gasteiger partial charge in [0.2, 0.25) is 0 Å². The Labute approximate surface area is 118 Å². The molecule has 0 aliphatic rings. The Bertz CT molecular complexity index is 684. The van der Waals surface area contributed by atoms with Crippen LogP contribution in [0.5, 0.6) is 0 Å². The molecule has 2 heterocycles. The molecule has 0 bridgehead atoms. The smallest absolute Gasteiger partial charge is 0.123 e. The minimum Gasteiger partial charge on any atom is -0.341 e. The number of hydrogen-bond donors (Lipinski definition) is 0. The summed E-state index contributed by atoms with van der Waals surface area (Å²) in [5.74, 6) is -0.200. The minimum atomic E-state index is -0.200. The number of hydrogen-bond acceptors (Lipinski definition) is 1. The van der Waals surface area contributed by atoms with Crippen LogP contribution in [0.1, 0.15) is 25.0 Å². The second-order valence-corrected chi connectivity index (χ2v) is 4.44. The predicted molar refractivity (Wildman–Crippen MR) is 81.3 cm³/mol. The van der Waals surface area contributed by atoms with Crippen molar-refractivity contribution in [2.45, 2.75) is 27.3 Å². The van der Waals surface area contributed by atoms with Crippen LogP contribution in [-0.2, 0) is 6.54 Å². The number of aromatic nitrogens is 2. The van der Waals surface area contributed by atoms with E-state index in [4.69, 9.17) is 0 Å². The molecule has 0 saturated heterocycles. The van der Waals surface area contributed by atoms with Gasteiger partial charge in [0, 0.05) is 18.9 Å². The minimum absolute atomic E-state index is 0.200. The lowest BCUT2D eigenvalue weighted by Crippen LogP contribution is -1.97. The standard InChI is InChI=1S/C15H13FN2.C2H6/c1-11-9-18(14-3-2-8-17-15(11)14)10-12-4-6-13(16)7-5-12;1-2/h2-9H,10H2,1H3;1-2H3. The van der Waals surface area contributed by atoms with E-state index >= 15 is 0 Å². The van der Waals surface area contributed by atoms with E-state index in [0.717, 1.165) is 28.7 Å². The van der Waals surface area contributed by atoms with Gasteiger partial charge in [0.25, 0.3) is 0 Å². The van der Waals surface area contributed by atoms with Gasteiger partial charge in [-0.15, -0.1) is 0 Å². The van der Waals surface area contributed by atoms with Crippen LogP contribution >= 0.6 is 0 Å². The highest BCUT2D eigenvalue weighted by Gasteiger charge is 2.06. The second kappa shape index (κ2) is 6.33. The molecule has 104 valence electrons. The maximum atomic E-state index is 12.9. The normalized spacial score (nSPS) is 10.2. The van der Waals surface area contributed by atoms with Crippen molar-refractivity contribution in [2.24, 2.45) is 0 Å². The molecule has 2 nitrogen and oxygen atoms in total. The van der Waals surface area contributed by atoms with Crippen molar-refractivity contribution in [1.29, 1.82) is 0 Å². The van der Waals surface area contributed by atoms with Crippen LogP contribution in [0.15, 0.2) is 48.8 Å². The first-order valence-corrected chi connectivity index (χ1v) is 6.89. The van der Waals surface area contributed by atoms with Crippen molar-refractivity contribution in [3.8, 4) is 0 Å². The molecule has 3 heteroatoms. The molecule has 2 aromatic heterocycles. The summed E-state index contributed by atoms with van der Waals surface area (Å²) in [6, 6.07) is 10.6. The van der Waals surface area contributed by atoms with Gasteiger partial charge in [-0.1, -0.05) is 26.0 Å². The van der Waals surface area contributed by atoms with Gasteiger partial charge in [-0.25, -0.2) is 4.39 Å². The largest absolute Gasteiger partial charge is 0.341 e. The summed E-state index contributed by atoms with van der Waals surface area (Å²) in [7, 11) is 0. The highest BCUT2D eigenvalue weighted by Crippen LogP contribution is 2.19. The third-order valence-electron chi connectivity index (χ3n) is 3.09. The van der Waals surface area contributed by atoms with E-state index in [0.29, 0.717) is 0 Å². The molecule has 0 unspecified atom stereocenters. The number of halogens is 1. The first kappa shape index (κ1) is 14.3. The molecule has 0 amide bonds. The number of fused-ring (bicyclic) bond motifs is 1. The Morgan fingerprint density at radius 3 is 2.50 bits per heavy atom. The summed E-state index contributed by atoms with van der Waals surface area (Å²) < 4.78 is 15.0. The monoisotopic (exact) mass is 270 g/mol. The van der Waals surface area contributed by atoms with Crippen LogP contribution in [-0.4, -0.2) is 9.55 Å². The van der Waals surface area contributed by atoms with Crippen molar-refractivity contribution in [3.05, 3.63) is 65.7 Å². The molecular weight excluding hydrogens is 251 g/mol. The van der Waals surface area contributed by atoms with E-state index in [-0.39, 0.29) is 5.82 Å². The van der Waals surface area contributed by atoms with E-state index < -0.39 is 0 Å². The quantitative estimate of drug-likeness (QED) is 0.667. The van der Waals surface area contributed by atoms with Crippen LogP contribution in [0.2, 0.25) is 0 Å². The average Bonchev–Trinajstić information content (AvgIpc) is 2.81. The molecule has 0 atom stereocenters. The van der Waals surface area contributed by atoms with Gasteiger partial charge in [-0.2, -0.15) is 0 Å². The fourth-order valence-electron chi connectivity index (χ4n) is 2.21. The Morgan fingerprint density at radius 1 is 1.10 bits per heavy atom. The fraction of sp³-hybridized carbons (Fsp3) is 0.235. The lowest BCUT2D eigenvalue weighted by molar-refractivity contribution is 0.626. The molecule has 3 rings (SSSR count). The second-order valence-electron chi connectivity index (χ2n) is 4.44. The van der Waals surface area contributed by atoms with Gasteiger partial charge < -0.3 is 4.57 Å². The summed E-state index contributed by atoms with van der Waals surface area (Å²) in [6.07, 6.45) is 3.89. The third kappa shape index (κ3) is 2.87. The molecule has 3 aromatic rings. The number of rotatable bonds is 2. The molecular formula is C17H19FN2. The molecule has 0 aliphatic heterocycles. The van der Waals surface area contributed by atoms with Gasteiger partial charge in [0.15, 0.2) is 0 Å². The molecule has 0 spiro atoms. The van der Waals surface area contributed by atoms with E-state index in [1.807, 2.05) is 32.0 Å². The highest BCUT2D eigenvalue weighted by atomic mass is 19.1. The third-order valence-corrected chi connectivity index (χ3v) is 3.09. The molecule has 1 aromatic carbocycles. The zero-order chi connectivity index (χ0) is 14.5. The first-order valence-electron chi connectivity index (χ1n) is 6.89. The Hall–Kier alpha value is -2.16. The maximum Gasteiger partial charge on any atom is 0.123 e. The summed E-state index contributed by atoms with van der Waals surface area (Å²) in [5, 5.41) is 0. The van der Waals surface area contributed by atoms with E-state index in [1.165, 1.54) is 12.1 Å². The number of pyridine rings is 1. The zero-order valence-electron chi connectivity index (χ0n) is 12.1. The summed E-state index contributed by atoms with van der Waals surface area (Å²) in [6.45, 7) is 6.78. The van der Waals surface area contributed by atoms with Crippen molar-refractivity contribution < 1.29 is 4.39 Å². The Morgan fingerprint density at radius 2 is 1.80 bits per heavy atom. The maximum absolute atomic E-state index is 12.9. The summed E-state index contributed by atoms with van der Waals surface area (Å²) >= 11 is 0. The van der Waals surface area contributed by atoms with E-state index in [2.05, 4.69) is 28.7 Å². The Kier molecular flexibility index (Phi) is 4.51. The lowest BCUT2D eigenvalue weighted by Gasteiger charge is -2.05. The first-order chi connectivity index (χ1) is 9.74. The predicted octanol–water partition coefficient (Wildman–Crippen LogP) is 4.56. The molecule has 0 saturated carbocycles. The Balaban J connectivity index is 0.000000704. The van der Waals surface area contributed by atoms with Gasteiger partial charge in [-0.05, 0) is 42.3 Å². The summed E-state index contributed by atoms with van der Waals surface area (Å²) in [5.41, 5.74) is 4.38. The lowest BCUT2D eigenvalue weighted by atomic mass is 10.2. The van der Waals surface area contributed by atoms with Gasteiger partial charge in [0.1, 0.15) is 5.82 Å². The fourth-order valence-corrected chi connectivity index (χ4v) is 2.21. The number of benzene rings is 1. The van der Waals surface area contributed by atoms with Gasteiger partial charge in [0.05, 0.1) is 11.0 Å². The average molecular weight is 270 g/mol. The van der Waals surface area contributed by atoms with Crippen molar-refractivity contribution in [1.82, 2.24) is 9.55 Å². The highest BCUT2D eigenvalue weighted by molar-refractivity contribution is 5.79. The molecule has 0 radical (unpaired) electrons. The summed E-state index contributed by atoms with van der Waals surface area (Å²) in [4.78, 5) is 4.38. The topological polar surface area (TPSA) is 17.8 Å². The van der Waals surface area contributed by atoms with Gasteiger partial charge >= 0.3 is 0 Å². The van der Waals surface area contributed by atoms with Crippen LogP contribution in [0.25, 0.3) is 11.0 Å². The van der Waals surface area contributed by atoms with E-state index in [9.17, 15) is 4.39 Å². The molecule has 0 fully saturated rings. The SMILES string of the molecule is CC.Cc1cn(Cc2ccc(F)cc2)c2cccnc12. The molecule has 0 aliphatic carbocycles. The number of aryl methyl sites for hydroxylation is 1. The van der Waals surface area contributed by atoms with Crippen LogP contribution in [0.3, 0.4) is 0 Å². The van der Waals surface area contributed by atoms with E-state index in [1.54, 1.807) is 6.20 Å². The van der Waals surface area contributed by atoms with Crippen LogP contribution in [0.4, 0.5) is 4.39 Å². The molecule has 20 heavy (non-hydrogen) atoms. The van der Waals surface area contributed by atoms with Crippen LogP contribution < -0.4 is 0 Å². The van der Waals surface area contributed by atoms with Gasteiger partial charge in [-0.3, -0.25) is 4.98 Å². The van der Waals surface area contributed by atoms with Crippen LogP contribution in [0, 0.1) is 12.7 Å².